The average molecular weight is 256 g/mol. The Morgan fingerprint density at radius 2 is 1.65 bits per heavy atom. The second-order valence-corrected chi connectivity index (χ2v) is 7.09. The van der Waals surface area contributed by atoms with Crippen LogP contribution in [-0.2, 0) is 15.5 Å². The molecule has 17 heavy (non-hydrogen) atoms. The topological polar surface area (TPSA) is 54.4 Å². The number of hydrogen-bond acceptors (Lipinski definition) is 2. The Kier molecular flexibility index (Phi) is 3.69. The second-order valence-electron chi connectivity index (χ2n) is 5.67. The van der Waals surface area contributed by atoms with Crippen LogP contribution in [0.4, 0.5) is 0 Å². The summed E-state index contributed by atoms with van der Waals surface area (Å²) in [5.41, 5.74) is 1.69. The molecule has 0 radical (unpaired) electrons. The lowest BCUT2D eigenvalue weighted by Crippen LogP contribution is -2.13. The third-order valence-electron chi connectivity index (χ3n) is 2.76. The molecule has 0 aromatic heterocycles. The Balaban J connectivity index is 3.51. The highest BCUT2D eigenvalue weighted by Crippen LogP contribution is 2.29. The van der Waals surface area contributed by atoms with E-state index in [1.165, 1.54) is 6.07 Å². The van der Waals surface area contributed by atoms with E-state index in [1.54, 1.807) is 6.07 Å². The molecular weight excluding hydrogens is 236 g/mol. The molecule has 0 saturated carbocycles. The maximum absolute atomic E-state index is 11.2. The van der Waals surface area contributed by atoms with Crippen LogP contribution in [0, 0.1) is 0 Å². The molecule has 0 fully saturated rings. The highest BCUT2D eigenvalue weighted by molar-refractivity contribution is 7.85. The first kappa shape index (κ1) is 14.2. The minimum atomic E-state index is -4.14. The Morgan fingerprint density at radius 3 is 2.00 bits per heavy atom. The van der Waals surface area contributed by atoms with Gasteiger partial charge in [-0.15, -0.1) is 0 Å². The lowest BCUT2D eigenvalue weighted by atomic mass is 9.85. The van der Waals surface area contributed by atoms with E-state index in [0.29, 0.717) is 0 Å². The zero-order valence-electron chi connectivity index (χ0n) is 11.0. The van der Waals surface area contributed by atoms with Gasteiger partial charge in [-0.25, -0.2) is 0 Å². The number of hydrogen-bond donors (Lipinski definition) is 1. The minimum absolute atomic E-state index is 0.0198. The molecule has 0 bridgehead atoms. The summed E-state index contributed by atoms with van der Waals surface area (Å²) in [6.45, 7) is 10.0. The molecule has 0 saturated heterocycles. The molecule has 0 heterocycles. The van der Waals surface area contributed by atoms with Gasteiger partial charge in [-0.2, -0.15) is 8.42 Å². The Morgan fingerprint density at radius 1 is 1.12 bits per heavy atom. The van der Waals surface area contributed by atoms with Crippen LogP contribution in [0.15, 0.2) is 23.1 Å². The van der Waals surface area contributed by atoms with E-state index in [2.05, 4.69) is 0 Å². The predicted octanol–water partition coefficient (Wildman–Crippen LogP) is 3.35. The van der Waals surface area contributed by atoms with Crippen molar-refractivity contribution in [2.45, 2.75) is 50.8 Å². The van der Waals surface area contributed by atoms with Crippen LogP contribution in [0.25, 0.3) is 0 Å². The highest BCUT2D eigenvalue weighted by atomic mass is 32.2. The van der Waals surface area contributed by atoms with Gasteiger partial charge in [-0.1, -0.05) is 40.7 Å². The van der Waals surface area contributed by atoms with Crippen LogP contribution in [0.2, 0.25) is 0 Å². The lowest BCUT2D eigenvalue weighted by Gasteiger charge is -2.21. The molecule has 0 aliphatic heterocycles. The van der Waals surface area contributed by atoms with Crippen molar-refractivity contribution in [1.29, 1.82) is 0 Å². The molecule has 96 valence electrons. The van der Waals surface area contributed by atoms with Crippen molar-refractivity contribution in [3.63, 3.8) is 0 Å². The van der Waals surface area contributed by atoms with E-state index in [4.69, 9.17) is 4.55 Å². The zero-order valence-corrected chi connectivity index (χ0v) is 11.8. The monoisotopic (exact) mass is 256 g/mol. The van der Waals surface area contributed by atoms with Crippen LogP contribution in [0.5, 0.6) is 0 Å². The smallest absolute Gasteiger partial charge is 0.282 e. The summed E-state index contributed by atoms with van der Waals surface area (Å²) in [5.74, 6) is 0.220. The van der Waals surface area contributed by atoms with Crippen molar-refractivity contribution in [3.05, 3.63) is 29.3 Å². The first-order valence-corrected chi connectivity index (χ1v) is 7.09. The fourth-order valence-electron chi connectivity index (χ4n) is 1.54. The van der Waals surface area contributed by atoms with Crippen LogP contribution in [-0.4, -0.2) is 13.0 Å². The fourth-order valence-corrected chi connectivity index (χ4v) is 2.10. The van der Waals surface area contributed by atoms with Crippen molar-refractivity contribution in [3.8, 4) is 0 Å². The van der Waals surface area contributed by atoms with E-state index in [-0.39, 0.29) is 16.2 Å². The lowest BCUT2D eigenvalue weighted by molar-refractivity contribution is 0.482. The zero-order chi connectivity index (χ0) is 13.4. The SMILES string of the molecule is CC(C)c1cc(C(C)(C)C)cc(S(=O)(=O)O)c1. The van der Waals surface area contributed by atoms with Gasteiger partial charge in [-0.05, 0) is 34.6 Å². The summed E-state index contributed by atoms with van der Waals surface area (Å²) >= 11 is 0. The summed E-state index contributed by atoms with van der Waals surface area (Å²) in [4.78, 5) is -0.0198. The molecule has 1 rings (SSSR count). The molecule has 1 N–H and O–H groups in total. The first-order valence-electron chi connectivity index (χ1n) is 5.65. The van der Waals surface area contributed by atoms with Crippen LogP contribution in [0.3, 0.4) is 0 Å². The molecule has 1 aromatic carbocycles. The maximum atomic E-state index is 11.2. The third kappa shape index (κ3) is 3.54. The van der Waals surface area contributed by atoms with E-state index in [0.717, 1.165) is 11.1 Å². The van der Waals surface area contributed by atoms with Crippen molar-refractivity contribution in [2.24, 2.45) is 0 Å². The van der Waals surface area contributed by atoms with E-state index >= 15 is 0 Å². The summed E-state index contributed by atoms with van der Waals surface area (Å²) in [5, 5.41) is 0. The molecule has 0 spiro atoms. The van der Waals surface area contributed by atoms with Gasteiger partial charge in [0.15, 0.2) is 0 Å². The quantitative estimate of drug-likeness (QED) is 0.825. The number of benzene rings is 1. The summed E-state index contributed by atoms with van der Waals surface area (Å²) in [7, 11) is -4.14. The molecule has 0 aliphatic carbocycles. The van der Waals surface area contributed by atoms with E-state index in [9.17, 15) is 8.42 Å². The molecule has 0 unspecified atom stereocenters. The maximum Gasteiger partial charge on any atom is 0.294 e. The Labute approximate surface area is 104 Å². The van der Waals surface area contributed by atoms with Crippen molar-refractivity contribution in [2.75, 3.05) is 0 Å². The van der Waals surface area contributed by atoms with Gasteiger partial charge in [0.05, 0.1) is 4.90 Å². The fraction of sp³-hybridized carbons (Fsp3) is 0.538. The van der Waals surface area contributed by atoms with Crippen molar-refractivity contribution < 1.29 is 13.0 Å². The summed E-state index contributed by atoms with van der Waals surface area (Å²) in [6.07, 6.45) is 0. The van der Waals surface area contributed by atoms with Crippen LogP contribution >= 0.6 is 0 Å². The number of rotatable bonds is 2. The summed E-state index contributed by atoms with van der Waals surface area (Å²) < 4.78 is 31.6. The molecule has 0 atom stereocenters. The third-order valence-corrected chi connectivity index (χ3v) is 3.59. The van der Waals surface area contributed by atoms with Gasteiger partial charge >= 0.3 is 0 Å². The summed E-state index contributed by atoms with van der Waals surface area (Å²) in [6, 6.07) is 5.08. The standard InChI is InChI=1S/C13H20O3S/c1-9(2)10-6-11(13(3,4)5)8-12(7-10)17(14,15)16/h6-9H,1-5H3,(H,14,15,16). The van der Waals surface area contributed by atoms with Gasteiger partial charge in [-0.3, -0.25) is 4.55 Å². The van der Waals surface area contributed by atoms with E-state index in [1.807, 2.05) is 40.7 Å². The Hall–Kier alpha value is -0.870. The van der Waals surface area contributed by atoms with Crippen LogP contribution < -0.4 is 0 Å². The second kappa shape index (κ2) is 4.42. The molecule has 0 amide bonds. The first-order chi connectivity index (χ1) is 7.51. The Bertz CT molecular complexity index is 508. The van der Waals surface area contributed by atoms with E-state index < -0.39 is 10.1 Å². The highest BCUT2D eigenvalue weighted by Gasteiger charge is 2.20. The van der Waals surface area contributed by atoms with Gasteiger partial charge in [0.1, 0.15) is 0 Å². The van der Waals surface area contributed by atoms with Crippen molar-refractivity contribution >= 4 is 10.1 Å². The predicted molar refractivity (Wildman–Crippen MR) is 69.0 cm³/mol. The normalized spacial score (nSPS) is 13.1. The van der Waals surface area contributed by atoms with Crippen LogP contribution in [0.1, 0.15) is 51.7 Å². The molecule has 1 aromatic rings. The largest absolute Gasteiger partial charge is 0.294 e. The van der Waals surface area contributed by atoms with Gasteiger partial charge in [0.25, 0.3) is 10.1 Å². The van der Waals surface area contributed by atoms with Gasteiger partial charge < -0.3 is 0 Å². The molecule has 0 aliphatic rings. The molecular formula is C13H20O3S. The van der Waals surface area contributed by atoms with Gasteiger partial charge in [0, 0.05) is 0 Å². The van der Waals surface area contributed by atoms with Crippen molar-refractivity contribution in [1.82, 2.24) is 0 Å². The molecule has 3 nitrogen and oxygen atoms in total. The molecule has 4 heteroatoms. The van der Waals surface area contributed by atoms with Gasteiger partial charge in [0.2, 0.25) is 0 Å². The average Bonchev–Trinajstić information content (AvgIpc) is 2.14. The minimum Gasteiger partial charge on any atom is -0.282 e.